The van der Waals surface area contributed by atoms with Gasteiger partial charge in [-0.15, -0.1) is 0 Å². The number of benzene rings is 2. The average molecular weight is 505 g/mol. The third-order valence-electron chi connectivity index (χ3n) is 6.60. The Labute approximate surface area is 216 Å². The molecular formula is C28H32N4O5. The zero-order chi connectivity index (χ0) is 26.4. The molecule has 2 amide bonds. The van der Waals surface area contributed by atoms with Crippen molar-refractivity contribution in [3.05, 3.63) is 87.4 Å². The number of aryl methyl sites for hydroxylation is 1. The molecule has 9 heteroatoms. The van der Waals surface area contributed by atoms with Crippen LogP contribution in [-0.4, -0.2) is 41.3 Å². The smallest absolute Gasteiger partial charge is 0.273 e. The van der Waals surface area contributed by atoms with Gasteiger partial charge in [-0.3, -0.25) is 19.7 Å². The first-order chi connectivity index (χ1) is 17.9. The summed E-state index contributed by atoms with van der Waals surface area (Å²) in [7, 11) is 0. The van der Waals surface area contributed by atoms with Gasteiger partial charge in [-0.05, 0) is 62.6 Å². The molecule has 37 heavy (non-hydrogen) atoms. The number of nitro benzene ring substituents is 1. The predicted octanol–water partition coefficient (Wildman–Crippen LogP) is 5.79. The minimum Gasteiger partial charge on any atom is -0.467 e. The molecule has 0 atom stereocenters. The van der Waals surface area contributed by atoms with Crippen LogP contribution in [-0.2, 0) is 6.54 Å². The van der Waals surface area contributed by atoms with Gasteiger partial charge in [0.25, 0.3) is 17.5 Å². The molecule has 3 aromatic rings. The van der Waals surface area contributed by atoms with Crippen molar-refractivity contribution in [3.63, 3.8) is 0 Å². The van der Waals surface area contributed by atoms with Gasteiger partial charge in [0, 0.05) is 42.5 Å². The molecule has 1 N–H and O–H groups in total. The molecule has 0 spiro atoms. The summed E-state index contributed by atoms with van der Waals surface area (Å²) in [6, 6.07) is 13.5. The Morgan fingerprint density at radius 3 is 2.59 bits per heavy atom. The predicted molar refractivity (Wildman–Crippen MR) is 142 cm³/mol. The summed E-state index contributed by atoms with van der Waals surface area (Å²) in [5.41, 5.74) is 2.29. The van der Waals surface area contributed by atoms with Crippen LogP contribution in [0.3, 0.4) is 0 Å². The molecule has 0 radical (unpaired) electrons. The number of furan rings is 1. The number of nitrogens with zero attached hydrogens (tertiary/aromatic N) is 3. The first-order valence-electron chi connectivity index (χ1n) is 12.6. The second-order valence-corrected chi connectivity index (χ2v) is 9.30. The monoisotopic (exact) mass is 504 g/mol. The lowest BCUT2D eigenvalue weighted by atomic mass is 10.1. The maximum atomic E-state index is 13.6. The molecule has 1 aliphatic heterocycles. The van der Waals surface area contributed by atoms with E-state index in [-0.39, 0.29) is 17.2 Å². The van der Waals surface area contributed by atoms with E-state index in [1.54, 1.807) is 37.5 Å². The molecule has 0 bridgehead atoms. The number of carbonyl (C=O) groups excluding carboxylic acids is 2. The van der Waals surface area contributed by atoms with E-state index in [0.29, 0.717) is 36.4 Å². The fourth-order valence-electron chi connectivity index (χ4n) is 4.53. The van der Waals surface area contributed by atoms with Crippen molar-refractivity contribution in [1.82, 2.24) is 4.90 Å². The largest absolute Gasteiger partial charge is 0.467 e. The Morgan fingerprint density at radius 2 is 1.92 bits per heavy atom. The van der Waals surface area contributed by atoms with Crippen molar-refractivity contribution in [2.45, 2.75) is 46.1 Å². The fraction of sp³-hybridized carbons (Fsp3) is 0.357. The lowest BCUT2D eigenvalue weighted by Gasteiger charge is -2.28. The van der Waals surface area contributed by atoms with Gasteiger partial charge in [-0.2, -0.15) is 0 Å². The number of carbonyl (C=O) groups is 2. The quantitative estimate of drug-likeness (QED) is 0.276. The van der Waals surface area contributed by atoms with Crippen LogP contribution in [0.25, 0.3) is 0 Å². The number of hydrogen-bond acceptors (Lipinski definition) is 6. The van der Waals surface area contributed by atoms with Crippen molar-refractivity contribution >= 4 is 28.9 Å². The van der Waals surface area contributed by atoms with Gasteiger partial charge < -0.3 is 19.5 Å². The molecule has 2 heterocycles. The summed E-state index contributed by atoms with van der Waals surface area (Å²) < 4.78 is 5.58. The lowest BCUT2D eigenvalue weighted by Crippen LogP contribution is -2.31. The Kier molecular flexibility index (Phi) is 8.22. The van der Waals surface area contributed by atoms with E-state index in [1.807, 2.05) is 23.1 Å². The van der Waals surface area contributed by atoms with E-state index in [4.69, 9.17) is 4.42 Å². The third-order valence-corrected chi connectivity index (χ3v) is 6.60. The summed E-state index contributed by atoms with van der Waals surface area (Å²) >= 11 is 0. The molecule has 4 rings (SSSR count). The van der Waals surface area contributed by atoms with Crippen molar-refractivity contribution < 1.29 is 18.9 Å². The third kappa shape index (κ3) is 6.17. The number of nitro groups is 1. The Morgan fingerprint density at radius 1 is 1.14 bits per heavy atom. The van der Waals surface area contributed by atoms with Crippen LogP contribution >= 0.6 is 0 Å². The standard InChI is InChI=1S/C28H32N4O5/c1-3-4-13-31(19-23-8-7-16-37-23)25-12-11-22(18-24(25)28(34)30-14-5-6-15-30)29-27(33)21-10-9-20(2)26(17-21)32(35)36/h7-12,16-18H,3-6,13-15,19H2,1-2H3,(H,29,33). The molecule has 0 unspecified atom stereocenters. The number of hydrogen-bond donors (Lipinski definition) is 1. The zero-order valence-electron chi connectivity index (χ0n) is 21.2. The summed E-state index contributed by atoms with van der Waals surface area (Å²) in [4.78, 5) is 41.4. The number of rotatable bonds is 10. The van der Waals surface area contributed by atoms with Crippen LogP contribution in [0.5, 0.6) is 0 Å². The molecule has 194 valence electrons. The first-order valence-corrected chi connectivity index (χ1v) is 12.6. The minimum absolute atomic E-state index is 0.0736. The maximum absolute atomic E-state index is 13.6. The molecule has 1 fully saturated rings. The number of nitrogens with one attached hydrogen (secondary N) is 1. The van der Waals surface area contributed by atoms with E-state index < -0.39 is 10.8 Å². The van der Waals surface area contributed by atoms with Crippen LogP contribution in [0, 0.1) is 17.0 Å². The summed E-state index contributed by atoms with van der Waals surface area (Å²) in [5.74, 6) is 0.249. The highest BCUT2D eigenvalue weighted by Crippen LogP contribution is 2.29. The molecule has 1 aliphatic rings. The summed E-state index contributed by atoms with van der Waals surface area (Å²) in [6.07, 6.45) is 5.52. The highest BCUT2D eigenvalue weighted by molar-refractivity contribution is 6.06. The minimum atomic E-state index is -0.502. The van der Waals surface area contributed by atoms with Gasteiger partial charge in [0.1, 0.15) is 5.76 Å². The van der Waals surface area contributed by atoms with E-state index in [2.05, 4.69) is 17.1 Å². The molecule has 0 aliphatic carbocycles. The molecule has 9 nitrogen and oxygen atoms in total. The van der Waals surface area contributed by atoms with E-state index in [1.165, 1.54) is 6.07 Å². The molecule has 1 aromatic heterocycles. The fourth-order valence-corrected chi connectivity index (χ4v) is 4.53. The van der Waals surface area contributed by atoms with Gasteiger partial charge >= 0.3 is 0 Å². The topological polar surface area (TPSA) is 109 Å². The molecular weight excluding hydrogens is 472 g/mol. The summed E-state index contributed by atoms with van der Waals surface area (Å²) in [6.45, 7) is 6.42. The van der Waals surface area contributed by atoms with Gasteiger partial charge in [-0.1, -0.05) is 19.4 Å². The van der Waals surface area contributed by atoms with Gasteiger partial charge in [0.15, 0.2) is 0 Å². The zero-order valence-corrected chi connectivity index (χ0v) is 21.2. The normalized spacial score (nSPS) is 13.0. The molecule has 2 aromatic carbocycles. The van der Waals surface area contributed by atoms with Gasteiger partial charge in [0.2, 0.25) is 0 Å². The van der Waals surface area contributed by atoms with Crippen LogP contribution < -0.4 is 10.2 Å². The van der Waals surface area contributed by atoms with Crippen molar-refractivity contribution in [1.29, 1.82) is 0 Å². The van der Waals surface area contributed by atoms with Crippen LogP contribution in [0.1, 0.15) is 64.6 Å². The second kappa shape index (κ2) is 11.7. The van der Waals surface area contributed by atoms with Crippen LogP contribution in [0.2, 0.25) is 0 Å². The van der Waals surface area contributed by atoms with E-state index in [0.717, 1.165) is 43.7 Å². The van der Waals surface area contributed by atoms with Crippen molar-refractivity contribution in [2.24, 2.45) is 0 Å². The SMILES string of the molecule is CCCCN(Cc1ccco1)c1ccc(NC(=O)c2ccc(C)c([N+](=O)[O-])c2)cc1C(=O)N1CCCC1. The number of likely N-dealkylation sites (tertiary alicyclic amines) is 1. The number of unbranched alkanes of at least 4 members (excludes halogenated alkanes) is 1. The Hall–Kier alpha value is -4.14. The average Bonchev–Trinajstić information content (AvgIpc) is 3.61. The van der Waals surface area contributed by atoms with Crippen LogP contribution in [0.15, 0.2) is 59.2 Å². The Balaban J connectivity index is 1.67. The van der Waals surface area contributed by atoms with Crippen molar-refractivity contribution in [2.75, 3.05) is 29.9 Å². The Bertz CT molecular complexity index is 1270. The first kappa shape index (κ1) is 25.9. The summed E-state index contributed by atoms with van der Waals surface area (Å²) in [5, 5.41) is 14.1. The van der Waals surface area contributed by atoms with E-state index >= 15 is 0 Å². The van der Waals surface area contributed by atoms with Crippen LogP contribution in [0.4, 0.5) is 17.1 Å². The highest BCUT2D eigenvalue weighted by Gasteiger charge is 2.25. The van der Waals surface area contributed by atoms with Crippen molar-refractivity contribution in [3.8, 4) is 0 Å². The van der Waals surface area contributed by atoms with Gasteiger partial charge in [0.05, 0.1) is 29.0 Å². The van der Waals surface area contributed by atoms with E-state index in [9.17, 15) is 19.7 Å². The molecule has 0 saturated carbocycles. The van der Waals surface area contributed by atoms with Gasteiger partial charge in [-0.25, -0.2) is 0 Å². The lowest BCUT2D eigenvalue weighted by molar-refractivity contribution is -0.385. The number of anilines is 2. The maximum Gasteiger partial charge on any atom is 0.273 e. The number of amides is 2. The second-order valence-electron chi connectivity index (χ2n) is 9.30. The molecule has 1 saturated heterocycles. The highest BCUT2D eigenvalue weighted by atomic mass is 16.6.